The molecule has 45 heavy (non-hydrogen) atoms. The molecule has 7 aromatic carbocycles. The minimum atomic E-state index is -2.77. The van der Waals surface area contributed by atoms with Crippen molar-refractivity contribution in [3.05, 3.63) is 176 Å². The van der Waals surface area contributed by atoms with Crippen molar-refractivity contribution in [3.63, 3.8) is 0 Å². The zero-order valence-electron chi connectivity index (χ0n) is 24.6. The summed E-state index contributed by atoms with van der Waals surface area (Å²) in [6.07, 6.45) is 0. The van der Waals surface area contributed by atoms with Crippen LogP contribution in [0, 0.1) is 0 Å². The summed E-state index contributed by atoms with van der Waals surface area (Å²) in [5.41, 5.74) is 5.41. The Morgan fingerprint density at radius 3 is 1.44 bits per heavy atom. The first-order valence-corrected chi connectivity index (χ1v) is 17.4. The molecule has 0 aliphatic heterocycles. The molecule has 0 saturated carbocycles. The Balaban J connectivity index is 1.36. The van der Waals surface area contributed by atoms with Crippen LogP contribution in [0.5, 0.6) is 0 Å². The van der Waals surface area contributed by atoms with E-state index < -0.39 is 8.07 Å². The number of rotatable bonds is 5. The Morgan fingerprint density at radius 1 is 0.400 bits per heavy atom. The first-order valence-electron chi connectivity index (χ1n) is 15.4. The minimum absolute atomic E-state index is 0.902. The molecule has 9 aromatic rings. The summed E-state index contributed by atoms with van der Waals surface area (Å²) in [6, 6.07) is 63.9. The zero-order valence-corrected chi connectivity index (χ0v) is 25.6. The lowest BCUT2D eigenvalue weighted by molar-refractivity contribution is 0.671. The summed E-state index contributed by atoms with van der Waals surface area (Å²) in [7, 11) is -2.77. The van der Waals surface area contributed by atoms with Gasteiger partial charge in [-0.05, 0) is 51.1 Å². The molecule has 2 aromatic heterocycles. The molecule has 0 aliphatic rings. The third-order valence-electron chi connectivity index (χ3n) is 9.34. The Morgan fingerprint density at radius 2 is 0.889 bits per heavy atom. The lowest BCUT2D eigenvalue weighted by Crippen LogP contribution is -2.74. The number of aromatic nitrogens is 1. The van der Waals surface area contributed by atoms with E-state index in [4.69, 9.17) is 4.42 Å². The average molecular weight is 592 g/mol. The maximum Gasteiger partial charge on any atom is 0.184 e. The fraction of sp³-hybridized carbons (Fsp3) is 0. The molecule has 0 amide bonds. The van der Waals surface area contributed by atoms with Gasteiger partial charge in [-0.15, -0.1) is 0 Å². The zero-order chi connectivity index (χ0) is 29.8. The van der Waals surface area contributed by atoms with Crippen molar-refractivity contribution in [1.82, 2.24) is 4.57 Å². The highest BCUT2D eigenvalue weighted by Gasteiger charge is 2.43. The van der Waals surface area contributed by atoms with Crippen molar-refractivity contribution >= 4 is 72.6 Å². The van der Waals surface area contributed by atoms with Crippen molar-refractivity contribution in [1.29, 1.82) is 0 Å². The van der Waals surface area contributed by atoms with Crippen LogP contribution in [0.3, 0.4) is 0 Å². The number of furan rings is 1. The lowest BCUT2D eigenvalue weighted by atomic mass is 10.1. The van der Waals surface area contributed by atoms with Crippen molar-refractivity contribution in [2.24, 2.45) is 0 Å². The minimum Gasteiger partial charge on any atom is -0.456 e. The van der Waals surface area contributed by atoms with Gasteiger partial charge in [-0.1, -0.05) is 146 Å². The lowest BCUT2D eigenvalue weighted by Gasteiger charge is -2.34. The highest BCUT2D eigenvalue weighted by Crippen LogP contribution is 2.35. The van der Waals surface area contributed by atoms with Gasteiger partial charge >= 0.3 is 0 Å². The van der Waals surface area contributed by atoms with E-state index in [1.54, 1.807) is 0 Å². The van der Waals surface area contributed by atoms with Gasteiger partial charge in [-0.25, -0.2) is 0 Å². The molecule has 2 nitrogen and oxygen atoms in total. The number of hydrogen-bond acceptors (Lipinski definition) is 1. The molecule has 0 radical (unpaired) electrons. The number of nitrogens with zero attached hydrogens (tertiary/aromatic N) is 1. The van der Waals surface area contributed by atoms with Crippen LogP contribution in [-0.2, 0) is 0 Å². The number of para-hydroxylation sites is 3. The molecule has 2 heterocycles. The highest BCUT2D eigenvalue weighted by atomic mass is 28.3. The van der Waals surface area contributed by atoms with Crippen molar-refractivity contribution in [3.8, 4) is 5.69 Å². The third kappa shape index (κ3) is 3.81. The first-order chi connectivity index (χ1) is 22.3. The standard InChI is InChI=1S/C42H29NOSi/c1-4-15-31(16-5-1)45(32-17-6-2-7-18-32,33-19-8-3-9-20-33)41-26-14-23-36-37-29-30(27-28-40(37)44-42(36)41)43-38-24-12-10-21-34(38)35-22-11-13-25-39(35)43/h1-29H. The van der Waals surface area contributed by atoms with E-state index in [2.05, 4.69) is 180 Å². The van der Waals surface area contributed by atoms with E-state index >= 15 is 0 Å². The molecule has 9 rings (SSSR count). The quantitative estimate of drug-likeness (QED) is 0.146. The first kappa shape index (κ1) is 25.8. The molecule has 0 N–H and O–H groups in total. The van der Waals surface area contributed by atoms with Crippen molar-refractivity contribution < 1.29 is 4.42 Å². The van der Waals surface area contributed by atoms with Gasteiger partial charge in [0.2, 0.25) is 0 Å². The Kier molecular flexibility index (Phi) is 5.87. The van der Waals surface area contributed by atoms with E-state index in [-0.39, 0.29) is 0 Å². The van der Waals surface area contributed by atoms with E-state index in [9.17, 15) is 0 Å². The third-order valence-corrected chi connectivity index (χ3v) is 14.1. The molecule has 212 valence electrons. The van der Waals surface area contributed by atoms with Crippen LogP contribution in [-0.4, -0.2) is 12.6 Å². The number of benzene rings is 7. The summed E-state index contributed by atoms with van der Waals surface area (Å²) in [5.74, 6) is 0. The van der Waals surface area contributed by atoms with E-state index in [1.165, 1.54) is 42.6 Å². The second-order valence-electron chi connectivity index (χ2n) is 11.7. The van der Waals surface area contributed by atoms with Gasteiger partial charge in [0.25, 0.3) is 0 Å². The summed E-state index contributed by atoms with van der Waals surface area (Å²) in [5, 5.41) is 10.1. The molecule has 0 atom stereocenters. The Labute approximate surface area is 262 Å². The van der Waals surface area contributed by atoms with E-state index in [0.717, 1.165) is 27.6 Å². The molecule has 0 unspecified atom stereocenters. The second-order valence-corrected chi connectivity index (χ2v) is 15.5. The molecular weight excluding hydrogens is 563 g/mol. The average Bonchev–Trinajstić information content (AvgIpc) is 3.66. The van der Waals surface area contributed by atoms with Gasteiger partial charge in [-0.3, -0.25) is 0 Å². The SMILES string of the molecule is c1ccc([Si](c2ccccc2)(c2ccccc2)c2cccc3c2oc2ccc(-n4c5ccccc5c5ccccc54)cc23)cc1. The molecule has 0 bridgehead atoms. The van der Waals surface area contributed by atoms with Crippen LogP contribution in [0.25, 0.3) is 49.4 Å². The smallest absolute Gasteiger partial charge is 0.184 e. The highest BCUT2D eigenvalue weighted by molar-refractivity contribution is 7.20. The molecule has 0 aliphatic carbocycles. The largest absolute Gasteiger partial charge is 0.456 e. The van der Waals surface area contributed by atoms with Gasteiger partial charge in [0.05, 0.1) is 11.0 Å². The summed E-state index contributed by atoms with van der Waals surface area (Å²) in [6.45, 7) is 0. The Bertz CT molecular complexity index is 2330. The normalized spacial score (nSPS) is 12.0. The number of fused-ring (bicyclic) bond motifs is 6. The topological polar surface area (TPSA) is 18.1 Å². The second kappa shape index (κ2) is 10.2. The Hall–Kier alpha value is -5.64. The fourth-order valence-electron chi connectivity index (χ4n) is 7.45. The van der Waals surface area contributed by atoms with Crippen LogP contribution >= 0.6 is 0 Å². The van der Waals surface area contributed by atoms with E-state index in [0.29, 0.717) is 0 Å². The summed E-state index contributed by atoms with van der Waals surface area (Å²) >= 11 is 0. The van der Waals surface area contributed by atoms with Crippen LogP contribution in [0.2, 0.25) is 0 Å². The van der Waals surface area contributed by atoms with Gasteiger partial charge in [0.15, 0.2) is 8.07 Å². The molecule has 0 fully saturated rings. The van der Waals surface area contributed by atoms with Gasteiger partial charge in [0.1, 0.15) is 11.2 Å². The van der Waals surface area contributed by atoms with Crippen LogP contribution in [0.15, 0.2) is 180 Å². The van der Waals surface area contributed by atoms with Gasteiger partial charge in [-0.2, -0.15) is 0 Å². The number of hydrogen-bond donors (Lipinski definition) is 0. The monoisotopic (exact) mass is 591 g/mol. The van der Waals surface area contributed by atoms with Crippen molar-refractivity contribution in [2.75, 3.05) is 0 Å². The predicted octanol–water partition coefficient (Wildman–Crippen LogP) is 8.06. The predicted molar refractivity (Wildman–Crippen MR) is 192 cm³/mol. The van der Waals surface area contributed by atoms with E-state index in [1.807, 2.05) is 0 Å². The molecule has 0 spiro atoms. The van der Waals surface area contributed by atoms with Gasteiger partial charge in [0, 0.05) is 27.2 Å². The fourth-order valence-corrected chi connectivity index (χ4v) is 12.3. The van der Waals surface area contributed by atoms with Crippen molar-refractivity contribution in [2.45, 2.75) is 0 Å². The van der Waals surface area contributed by atoms with Crippen LogP contribution < -0.4 is 20.7 Å². The summed E-state index contributed by atoms with van der Waals surface area (Å²) in [4.78, 5) is 0. The maximum atomic E-state index is 6.93. The van der Waals surface area contributed by atoms with Crippen LogP contribution in [0.1, 0.15) is 0 Å². The van der Waals surface area contributed by atoms with Crippen LogP contribution in [0.4, 0.5) is 0 Å². The maximum absolute atomic E-state index is 6.93. The summed E-state index contributed by atoms with van der Waals surface area (Å²) < 4.78 is 9.31. The molecule has 3 heteroatoms. The molecule has 0 saturated heterocycles. The molecular formula is C42H29NOSi. The van der Waals surface area contributed by atoms with Gasteiger partial charge < -0.3 is 8.98 Å².